The molecule has 1 fully saturated rings. The fraction of sp³-hybridized carbons (Fsp3) is 0.200. The summed E-state index contributed by atoms with van der Waals surface area (Å²) in [7, 11) is 0. The predicted molar refractivity (Wildman–Crippen MR) is 52.2 cm³/mol. The first-order chi connectivity index (χ1) is 7.34. The van der Waals surface area contributed by atoms with Crippen LogP contribution in [0, 0.1) is 5.82 Å². The Labute approximate surface area is 85.9 Å². The van der Waals surface area contributed by atoms with E-state index in [9.17, 15) is 4.39 Å². The van der Waals surface area contributed by atoms with E-state index in [-0.39, 0.29) is 5.82 Å². The van der Waals surface area contributed by atoms with Crippen LogP contribution in [0.25, 0.3) is 0 Å². The maximum Gasteiger partial charge on any atom is 0.139 e. The topological polar surface area (TPSA) is 33.7 Å². The van der Waals surface area contributed by atoms with Gasteiger partial charge < -0.3 is 0 Å². The van der Waals surface area contributed by atoms with Crippen LogP contribution < -0.4 is 5.01 Å². The van der Waals surface area contributed by atoms with Crippen LogP contribution in [-0.2, 0) is 0 Å². The molecular weight excluding hydrogens is 195 g/mol. The quantitative estimate of drug-likeness (QED) is 0.687. The molecule has 1 aromatic heterocycles. The maximum atomic E-state index is 12.7. The number of aromatic nitrogens is 3. The number of hydrogen-bond acceptors (Lipinski definition) is 3. The van der Waals surface area contributed by atoms with E-state index in [2.05, 4.69) is 15.2 Å². The van der Waals surface area contributed by atoms with Gasteiger partial charge in [-0.15, -0.1) is 10.2 Å². The van der Waals surface area contributed by atoms with Crippen molar-refractivity contribution in [2.24, 2.45) is 0 Å². The normalized spacial score (nSPS) is 19.3. The monoisotopic (exact) mass is 204 g/mol. The van der Waals surface area contributed by atoms with E-state index in [1.165, 1.54) is 12.1 Å². The minimum absolute atomic E-state index is 0.199. The molecule has 1 aliphatic heterocycles. The smallest absolute Gasteiger partial charge is 0.139 e. The van der Waals surface area contributed by atoms with Crippen molar-refractivity contribution in [1.82, 2.24) is 14.9 Å². The molecule has 1 aromatic carbocycles. The first-order valence-electron chi connectivity index (χ1n) is 4.71. The van der Waals surface area contributed by atoms with Gasteiger partial charge in [0.05, 0.1) is 12.6 Å². The highest BCUT2D eigenvalue weighted by Crippen LogP contribution is 2.32. The van der Waals surface area contributed by atoms with Gasteiger partial charge in [0.2, 0.25) is 0 Å². The second-order valence-corrected chi connectivity index (χ2v) is 3.53. The highest BCUT2D eigenvalue weighted by Gasteiger charge is 2.35. The number of benzene rings is 1. The zero-order valence-electron chi connectivity index (χ0n) is 7.92. The van der Waals surface area contributed by atoms with Crippen LogP contribution in [0.2, 0.25) is 0 Å². The summed E-state index contributed by atoms with van der Waals surface area (Å²) in [6, 6.07) is 6.91. The molecule has 0 amide bonds. The van der Waals surface area contributed by atoms with E-state index in [0.29, 0.717) is 6.04 Å². The third-order valence-electron chi connectivity index (χ3n) is 2.54. The van der Waals surface area contributed by atoms with Crippen molar-refractivity contribution in [3.05, 3.63) is 48.3 Å². The van der Waals surface area contributed by atoms with Crippen molar-refractivity contribution >= 4 is 0 Å². The van der Waals surface area contributed by atoms with Gasteiger partial charge in [-0.1, -0.05) is 12.1 Å². The zero-order chi connectivity index (χ0) is 10.3. The summed E-state index contributed by atoms with van der Waals surface area (Å²) in [5.41, 5.74) is 1.12. The van der Waals surface area contributed by atoms with Crippen LogP contribution in [0.3, 0.4) is 0 Å². The van der Waals surface area contributed by atoms with Crippen LogP contribution in [0.15, 0.2) is 36.9 Å². The largest absolute Gasteiger partial charge is 0.299 e. The third kappa shape index (κ3) is 1.45. The van der Waals surface area contributed by atoms with E-state index < -0.39 is 0 Å². The van der Waals surface area contributed by atoms with E-state index in [1.54, 1.807) is 12.7 Å². The molecule has 0 saturated carbocycles. The Kier molecular flexibility index (Phi) is 1.71. The highest BCUT2D eigenvalue weighted by molar-refractivity contribution is 5.31. The highest BCUT2D eigenvalue weighted by atomic mass is 19.1. The van der Waals surface area contributed by atoms with E-state index in [4.69, 9.17) is 0 Å². The molecule has 3 rings (SSSR count). The molecule has 0 radical (unpaired) electrons. The molecule has 5 heteroatoms. The lowest BCUT2D eigenvalue weighted by molar-refractivity contribution is 0.627. The Morgan fingerprint density at radius 2 is 1.80 bits per heavy atom. The van der Waals surface area contributed by atoms with Gasteiger partial charge in [0.1, 0.15) is 18.5 Å². The molecule has 1 saturated heterocycles. The number of rotatable bonds is 2. The van der Waals surface area contributed by atoms with Gasteiger partial charge in [-0.3, -0.25) is 5.01 Å². The second kappa shape index (κ2) is 3.05. The summed E-state index contributed by atoms with van der Waals surface area (Å²) >= 11 is 0. The molecule has 76 valence electrons. The lowest BCUT2D eigenvalue weighted by atomic mass is 10.2. The third-order valence-corrected chi connectivity index (χ3v) is 2.54. The minimum Gasteiger partial charge on any atom is -0.299 e. The van der Waals surface area contributed by atoms with E-state index >= 15 is 0 Å². The molecule has 2 heterocycles. The molecule has 15 heavy (non-hydrogen) atoms. The van der Waals surface area contributed by atoms with Crippen molar-refractivity contribution in [2.75, 3.05) is 11.6 Å². The number of halogens is 1. The molecule has 1 unspecified atom stereocenters. The van der Waals surface area contributed by atoms with Crippen molar-refractivity contribution in [1.29, 1.82) is 0 Å². The van der Waals surface area contributed by atoms with Crippen molar-refractivity contribution in [3.63, 3.8) is 0 Å². The van der Waals surface area contributed by atoms with Crippen molar-refractivity contribution < 1.29 is 4.39 Å². The lowest BCUT2D eigenvalue weighted by Gasteiger charge is -2.04. The fourth-order valence-corrected chi connectivity index (χ4v) is 1.68. The average molecular weight is 204 g/mol. The van der Waals surface area contributed by atoms with Gasteiger partial charge >= 0.3 is 0 Å². The molecule has 1 aliphatic rings. The molecule has 0 N–H and O–H groups in total. The van der Waals surface area contributed by atoms with Crippen LogP contribution in [-0.4, -0.2) is 21.4 Å². The maximum absolute atomic E-state index is 12.7. The summed E-state index contributed by atoms with van der Waals surface area (Å²) in [4.78, 5) is 0. The Balaban J connectivity index is 1.79. The Hall–Kier alpha value is -1.91. The van der Waals surface area contributed by atoms with Crippen LogP contribution in [0.4, 0.5) is 4.39 Å². The Bertz CT molecular complexity index is 451. The molecule has 0 spiro atoms. The van der Waals surface area contributed by atoms with E-state index in [0.717, 1.165) is 12.1 Å². The van der Waals surface area contributed by atoms with Gasteiger partial charge in [-0.2, -0.15) is 0 Å². The summed E-state index contributed by atoms with van der Waals surface area (Å²) in [6.45, 7) is 0.920. The van der Waals surface area contributed by atoms with Gasteiger partial charge in [0, 0.05) is 0 Å². The van der Waals surface area contributed by atoms with Gasteiger partial charge in [0.25, 0.3) is 0 Å². The van der Waals surface area contributed by atoms with Crippen LogP contribution in [0.1, 0.15) is 11.6 Å². The standard InChI is InChI=1S/C10H9FN4/c11-9-3-1-8(2-4-9)10-5-15(10)14-6-12-13-7-14/h1-4,6-7,10H,5H2. The first kappa shape index (κ1) is 8.40. The van der Waals surface area contributed by atoms with Crippen molar-refractivity contribution in [3.8, 4) is 0 Å². The Morgan fingerprint density at radius 3 is 2.47 bits per heavy atom. The predicted octanol–water partition coefficient (Wildman–Crippen LogP) is 1.11. The SMILES string of the molecule is Fc1ccc(C2CN2n2cnnc2)cc1. The lowest BCUT2D eigenvalue weighted by Crippen LogP contribution is -2.10. The van der Waals surface area contributed by atoms with Crippen LogP contribution >= 0.6 is 0 Å². The fourth-order valence-electron chi connectivity index (χ4n) is 1.68. The first-order valence-corrected chi connectivity index (χ1v) is 4.71. The zero-order valence-corrected chi connectivity index (χ0v) is 7.92. The van der Waals surface area contributed by atoms with E-state index in [1.807, 2.05) is 16.8 Å². The average Bonchev–Trinajstić information content (AvgIpc) is 2.87. The van der Waals surface area contributed by atoms with Gasteiger partial charge in [-0.25, -0.2) is 9.07 Å². The molecule has 2 aromatic rings. The summed E-state index contributed by atoms with van der Waals surface area (Å²) in [5, 5.41) is 9.56. The molecule has 4 nitrogen and oxygen atoms in total. The van der Waals surface area contributed by atoms with Crippen molar-refractivity contribution in [2.45, 2.75) is 6.04 Å². The summed E-state index contributed by atoms with van der Waals surface area (Å²) in [5.74, 6) is -0.199. The Morgan fingerprint density at radius 1 is 1.13 bits per heavy atom. The summed E-state index contributed by atoms with van der Waals surface area (Å²) in [6.07, 6.45) is 3.31. The molecular formula is C10H9FN4. The molecule has 0 aliphatic carbocycles. The number of hydrogen-bond donors (Lipinski definition) is 0. The second-order valence-electron chi connectivity index (χ2n) is 3.53. The van der Waals surface area contributed by atoms with Crippen LogP contribution in [0.5, 0.6) is 0 Å². The summed E-state index contributed by atoms with van der Waals surface area (Å²) < 4.78 is 14.5. The molecule has 0 bridgehead atoms. The molecule has 1 atom stereocenters. The van der Waals surface area contributed by atoms with Gasteiger partial charge in [-0.05, 0) is 17.7 Å². The number of nitrogens with zero attached hydrogens (tertiary/aromatic N) is 4. The van der Waals surface area contributed by atoms with Gasteiger partial charge in [0.15, 0.2) is 0 Å². The minimum atomic E-state index is -0.199.